The molecule has 0 saturated carbocycles. The van der Waals surface area contributed by atoms with Crippen molar-refractivity contribution in [2.45, 2.75) is 6.92 Å². The summed E-state index contributed by atoms with van der Waals surface area (Å²) in [6.07, 6.45) is 1.47. The zero-order valence-corrected chi connectivity index (χ0v) is 10.5. The second-order valence-electron chi connectivity index (χ2n) is 3.39. The van der Waals surface area contributed by atoms with Crippen LogP contribution in [0.3, 0.4) is 0 Å². The summed E-state index contributed by atoms with van der Waals surface area (Å²) in [7, 11) is 3.24. The number of aromatic nitrogens is 2. The van der Waals surface area contributed by atoms with Gasteiger partial charge in [-0.05, 0) is 6.92 Å². The lowest BCUT2D eigenvalue weighted by atomic mass is 10.3. The quantitative estimate of drug-likeness (QED) is 0.681. The molecule has 0 spiro atoms. The molecule has 1 aromatic rings. The third kappa shape index (κ3) is 4.54. The van der Waals surface area contributed by atoms with Crippen molar-refractivity contribution in [3.05, 3.63) is 11.9 Å². The fourth-order valence-electron chi connectivity index (χ4n) is 1.30. The standard InChI is InChI=1S/C11H19N3O3/c1-9-10(13-8-14-11(9)16-3)12-4-5-17-7-6-15-2/h8H,4-7H2,1-3H3,(H,12,13,14). The molecule has 0 aliphatic carbocycles. The van der Waals surface area contributed by atoms with Gasteiger partial charge in [-0.1, -0.05) is 0 Å². The van der Waals surface area contributed by atoms with E-state index in [9.17, 15) is 0 Å². The Morgan fingerprint density at radius 2 is 2.00 bits per heavy atom. The van der Waals surface area contributed by atoms with Gasteiger partial charge in [0.2, 0.25) is 5.88 Å². The fraction of sp³-hybridized carbons (Fsp3) is 0.636. The number of rotatable bonds is 8. The van der Waals surface area contributed by atoms with Gasteiger partial charge in [-0.3, -0.25) is 0 Å². The van der Waals surface area contributed by atoms with Gasteiger partial charge in [-0.25, -0.2) is 9.97 Å². The van der Waals surface area contributed by atoms with Crippen LogP contribution < -0.4 is 10.1 Å². The molecule has 0 bridgehead atoms. The average Bonchev–Trinajstić information content (AvgIpc) is 2.35. The Hall–Kier alpha value is -1.40. The first kappa shape index (κ1) is 13.7. The molecule has 0 aliphatic rings. The molecule has 0 amide bonds. The lowest BCUT2D eigenvalue weighted by molar-refractivity contribution is 0.0759. The van der Waals surface area contributed by atoms with Crippen LogP contribution in [-0.4, -0.2) is 50.6 Å². The van der Waals surface area contributed by atoms with Gasteiger partial charge in [0.25, 0.3) is 0 Å². The second kappa shape index (κ2) is 7.81. The lowest BCUT2D eigenvalue weighted by Crippen LogP contribution is -2.13. The number of hydrogen-bond acceptors (Lipinski definition) is 6. The van der Waals surface area contributed by atoms with Crippen LogP contribution in [0.25, 0.3) is 0 Å². The summed E-state index contributed by atoms with van der Waals surface area (Å²) in [5.74, 6) is 1.36. The summed E-state index contributed by atoms with van der Waals surface area (Å²) in [4.78, 5) is 8.14. The van der Waals surface area contributed by atoms with Gasteiger partial charge in [0.05, 0.1) is 32.5 Å². The number of hydrogen-bond donors (Lipinski definition) is 1. The van der Waals surface area contributed by atoms with E-state index in [1.54, 1.807) is 14.2 Å². The fourth-order valence-corrected chi connectivity index (χ4v) is 1.30. The first-order valence-electron chi connectivity index (χ1n) is 5.45. The van der Waals surface area contributed by atoms with Crippen LogP contribution in [0.2, 0.25) is 0 Å². The normalized spacial score (nSPS) is 10.3. The van der Waals surface area contributed by atoms with Crippen LogP contribution in [0.5, 0.6) is 5.88 Å². The van der Waals surface area contributed by atoms with E-state index in [1.165, 1.54) is 6.33 Å². The summed E-state index contributed by atoms with van der Waals surface area (Å²) >= 11 is 0. The molecule has 6 heteroatoms. The van der Waals surface area contributed by atoms with Gasteiger partial charge < -0.3 is 19.5 Å². The minimum Gasteiger partial charge on any atom is -0.481 e. The minimum atomic E-state index is 0.586. The summed E-state index contributed by atoms with van der Waals surface area (Å²) in [6.45, 7) is 4.41. The Bertz CT molecular complexity index is 334. The summed E-state index contributed by atoms with van der Waals surface area (Å²) in [5, 5.41) is 3.17. The largest absolute Gasteiger partial charge is 0.481 e. The minimum absolute atomic E-state index is 0.586. The van der Waals surface area contributed by atoms with Gasteiger partial charge in [0.1, 0.15) is 12.1 Å². The van der Waals surface area contributed by atoms with Crippen LogP contribution in [0.4, 0.5) is 5.82 Å². The van der Waals surface area contributed by atoms with Gasteiger partial charge in [-0.2, -0.15) is 0 Å². The second-order valence-corrected chi connectivity index (χ2v) is 3.39. The van der Waals surface area contributed by atoms with E-state index < -0.39 is 0 Å². The monoisotopic (exact) mass is 241 g/mol. The molecule has 1 rings (SSSR count). The van der Waals surface area contributed by atoms with E-state index in [2.05, 4.69) is 15.3 Å². The maximum atomic E-state index is 5.33. The number of methoxy groups -OCH3 is 2. The molecule has 0 saturated heterocycles. The Morgan fingerprint density at radius 3 is 2.71 bits per heavy atom. The molecule has 1 N–H and O–H groups in total. The highest BCUT2D eigenvalue weighted by Gasteiger charge is 2.05. The van der Waals surface area contributed by atoms with Gasteiger partial charge in [0, 0.05) is 13.7 Å². The van der Waals surface area contributed by atoms with Crippen molar-refractivity contribution in [1.29, 1.82) is 0 Å². The molecule has 0 unspecified atom stereocenters. The van der Waals surface area contributed by atoms with Crippen molar-refractivity contribution in [3.8, 4) is 5.88 Å². The maximum Gasteiger partial charge on any atom is 0.221 e. The third-order valence-corrected chi connectivity index (χ3v) is 2.20. The van der Waals surface area contributed by atoms with E-state index in [1.807, 2.05) is 6.92 Å². The zero-order valence-electron chi connectivity index (χ0n) is 10.5. The Labute approximate surface area is 101 Å². The predicted molar refractivity (Wildman–Crippen MR) is 64.5 cm³/mol. The van der Waals surface area contributed by atoms with Crippen LogP contribution >= 0.6 is 0 Å². The highest BCUT2D eigenvalue weighted by molar-refractivity contribution is 5.47. The number of anilines is 1. The summed E-state index contributed by atoms with van der Waals surface area (Å²) in [5.41, 5.74) is 0.895. The number of nitrogens with zero attached hydrogens (tertiary/aromatic N) is 2. The molecular formula is C11H19N3O3. The summed E-state index contributed by atoms with van der Waals surface area (Å²) in [6, 6.07) is 0. The topological polar surface area (TPSA) is 65.5 Å². The van der Waals surface area contributed by atoms with E-state index in [0.29, 0.717) is 32.2 Å². The molecule has 0 fully saturated rings. The first-order valence-corrected chi connectivity index (χ1v) is 5.45. The molecule has 1 aromatic heterocycles. The van der Waals surface area contributed by atoms with E-state index in [-0.39, 0.29) is 0 Å². The van der Waals surface area contributed by atoms with Crippen molar-refractivity contribution < 1.29 is 14.2 Å². The highest BCUT2D eigenvalue weighted by atomic mass is 16.5. The smallest absolute Gasteiger partial charge is 0.221 e. The molecule has 6 nitrogen and oxygen atoms in total. The van der Waals surface area contributed by atoms with Gasteiger partial charge in [0.15, 0.2) is 0 Å². The van der Waals surface area contributed by atoms with Gasteiger partial charge >= 0.3 is 0 Å². The SMILES string of the molecule is COCCOCCNc1ncnc(OC)c1C. The molecule has 96 valence electrons. The van der Waals surface area contributed by atoms with Crippen LogP contribution in [0, 0.1) is 6.92 Å². The van der Waals surface area contributed by atoms with Gasteiger partial charge in [-0.15, -0.1) is 0 Å². The Kier molecular flexibility index (Phi) is 6.27. The van der Waals surface area contributed by atoms with Crippen molar-refractivity contribution in [3.63, 3.8) is 0 Å². The van der Waals surface area contributed by atoms with Crippen molar-refractivity contribution in [2.75, 3.05) is 45.9 Å². The molecule has 1 heterocycles. The van der Waals surface area contributed by atoms with E-state index >= 15 is 0 Å². The maximum absolute atomic E-state index is 5.33. The third-order valence-electron chi connectivity index (χ3n) is 2.20. The van der Waals surface area contributed by atoms with Crippen LogP contribution in [-0.2, 0) is 9.47 Å². The highest BCUT2D eigenvalue weighted by Crippen LogP contribution is 2.19. The Morgan fingerprint density at radius 1 is 1.18 bits per heavy atom. The molecule has 0 atom stereocenters. The molecule has 0 radical (unpaired) electrons. The van der Waals surface area contributed by atoms with E-state index in [0.717, 1.165) is 11.4 Å². The zero-order chi connectivity index (χ0) is 12.5. The Balaban J connectivity index is 2.31. The van der Waals surface area contributed by atoms with Crippen molar-refractivity contribution >= 4 is 5.82 Å². The lowest BCUT2D eigenvalue weighted by Gasteiger charge is -2.10. The van der Waals surface area contributed by atoms with E-state index in [4.69, 9.17) is 14.2 Å². The molecular weight excluding hydrogens is 222 g/mol. The molecule has 0 aliphatic heterocycles. The number of nitrogens with one attached hydrogen (secondary N) is 1. The van der Waals surface area contributed by atoms with Crippen LogP contribution in [0.1, 0.15) is 5.56 Å². The average molecular weight is 241 g/mol. The number of ether oxygens (including phenoxy) is 3. The predicted octanol–water partition coefficient (Wildman–Crippen LogP) is 0.869. The van der Waals surface area contributed by atoms with Crippen LogP contribution in [0.15, 0.2) is 6.33 Å². The first-order chi connectivity index (χ1) is 8.29. The molecule has 17 heavy (non-hydrogen) atoms. The van der Waals surface area contributed by atoms with Crippen molar-refractivity contribution in [2.24, 2.45) is 0 Å². The van der Waals surface area contributed by atoms with Crippen molar-refractivity contribution in [1.82, 2.24) is 9.97 Å². The summed E-state index contributed by atoms with van der Waals surface area (Å²) < 4.78 is 15.3. The molecule has 0 aromatic carbocycles.